The number of fused-ring (bicyclic) bond motifs is 1. The van der Waals surface area contributed by atoms with Crippen LogP contribution in [0.4, 0.5) is 0 Å². The summed E-state index contributed by atoms with van der Waals surface area (Å²) in [5, 5.41) is 19.6. The lowest BCUT2D eigenvalue weighted by Gasteiger charge is -2.40. The molecule has 27 heavy (non-hydrogen) atoms. The Morgan fingerprint density at radius 1 is 1.26 bits per heavy atom. The third-order valence-corrected chi connectivity index (χ3v) is 6.44. The van der Waals surface area contributed by atoms with E-state index in [9.17, 15) is 18.3 Å². The molecule has 4 atom stereocenters. The maximum atomic E-state index is 13.1. The van der Waals surface area contributed by atoms with Gasteiger partial charge in [0.25, 0.3) is 5.91 Å². The van der Waals surface area contributed by atoms with Crippen LogP contribution < -0.4 is 10.2 Å². The molecule has 1 aromatic rings. The molecule has 3 rings (SSSR count). The van der Waals surface area contributed by atoms with Crippen LogP contribution >= 0.6 is 0 Å². The number of nitrogens with zero attached hydrogens (tertiary/aromatic N) is 1. The van der Waals surface area contributed by atoms with Gasteiger partial charge < -0.3 is 19.3 Å². The summed E-state index contributed by atoms with van der Waals surface area (Å²) in [5.74, 6) is -1.63. The molecule has 2 aliphatic rings. The van der Waals surface area contributed by atoms with E-state index in [4.69, 9.17) is 19.4 Å². The first-order valence-corrected chi connectivity index (χ1v) is 9.68. The van der Waals surface area contributed by atoms with Gasteiger partial charge in [0.15, 0.2) is 5.79 Å². The van der Waals surface area contributed by atoms with Crippen LogP contribution in [-0.2, 0) is 24.3 Å². The molecule has 0 aromatic heterocycles. The maximum absolute atomic E-state index is 13.1. The molecule has 0 bridgehead atoms. The summed E-state index contributed by atoms with van der Waals surface area (Å²) in [6.45, 7) is 2.79. The molecule has 0 aliphatic carbocycles. The third-order valence-electron chi connectivity index (χ3n) is 4.58. The van der Waals surface area contributed by atoms with Crippen LogP contribution in [0.1, 0.15) is 13.8 Å². The standard InChI is InChI=1S/C16H22N2O8S/c1-16(2)25-13-11(19)8-18(12(14(13)26-16)15(20)17-21)27(22,23)10-6-4-9(24-3)5-7-10/h4-7,11-14,19,21H,8H2,1-3H3,(H,17,20)/t11-,12-,13-,14+/m1/s1. The fourth-order valence-corrected chi connectivity index (χ4v) is 5.02. The molecule has 2 saturated heterocycles. The van der Waals surface area contributed by atoms with Gasteiger partial charge in [-0.25, -0.2) is 13.9 Å². The molecule has 1 amide bonds. The van der Waals surface area contributed by atoms with Crippen molar-refractivity contribution in [3.63, 3.8) is 0 Å². The van der Waals surface area contributed by atoms with E-state index in [1.165, 1.54) is 36.9 Å². The maximum Gasteiger partial charge on any atom is 0.264 e. The number of rotatable bonds is 4. The molecule has 150 valence electrons. The lowest BCUT2D eigenvalue weighted by atomic mass is 9.96. The molecule has 3 N–H and O–H groups in total. The Balaban J connectivity index is 2.02. The van der Waals surface area contributed by atoms with Crippen molar-refractivity contribution >= 4 is 15.9 Å². The topological polar surface area (TPSA) is 135 Å². The first kappa shape index (κ1) is 20.0. The van der Waals surface area contributed by atoms with Crippen LogP contribution in [0, 0.1) is 0 Å². The Bertz CT molecular complexity index is 810. The van der Waals surface area contributed by atoms with Crippen LogP contribution in [0.25, 0.3) is 0 Å². The van der Waals surface area contributed by atoms with Gasteiger partial charge in [0.05, 0.1) is 18.1 Å². The average Bonchev–Trinajstić information content (AvgIpc) is 2.96. The minimum atomic E-state index is -4.19. The number of hydrogen-bond donors (Lipinski definition) is 3. The van der Waals surface area contributed by atoms with Crippen molar-refractivity contribution < 1.29 is 37.7 Å². The highest BCUT2D eigenvalue weighted by Gasteiger charge is 2.58. The SMILES string of the molecule is COc1ccc(S(=O)(=O)N2C[C@@H](O)[C@H]3OC(C)(C)O[C@H]3[C@@H]2C(=O)NO)cc1. The number of ether oxygens (including phenoxy) is 3. The van der Waals surface area contributed by atoms with Crippen molar-refractivity contribution in [1.82, 2.24) is 9.79 Å². The second-order valence-electron chi connectivity index (χ2n) is 6.80. The number of hydroxylamine groups is 1. The number of benzene rings is 1. The summed E-state index contributed by atoms with van der Waals surface area (Å²) in [6.07, 6.45) is -3.22. The molecule has 0 radical (unpaired) electrons. The Morgan fingerprint density at radius 3 is 2.41 bits per heavy atom. The van der Waals surface area contributed by atoms with Gasteiger partial charge in [0.1, 0.15) is 24.0 Å². The van der Waals surface area contributed by atoms with Crippen LogP contribution in [0.2, 0.25) is 0 Å². The number of methoxy groups -OCH3 is 1. The highest BCUT2D eigenvalue weighted by Crippen LogP contribution is 2.38. The summed E-state index contributed by atoms with van der Waals surface area (Å²) in [6, 6.07) is 4.18. The summed E-state index contributed by atoms with van der Waals surface area (Å²) in [7, 11) is -2.74. The molecule has 11 heteroatoms. The lowest BCUT2D eigenvalue weighted by molar-refractivity contribution is -0.155. The van der Waals surface area contributed by atoms with E-state index in [2.05, 4.69) is 0 Å². The minimum Gasteiger partial charge on any atom is -0.497 e. The highest BCUT2D eigenvalue weighted by atomic mass is 32.2. The van der Waals surface area contributed by atoms with Gasteiger partial charge in [-0.2, -0.15) is 4.31 Å². The molecule has 2 fully saturated rings. The molecule has 2 aliphatic heterocycles. The second-order valence-corrected chi connectivity index (χ2v) is 8.69. The second kappa shape index (κ2) is 7.00. The number of β-amino-alcohol motifs (C(OH)–C–C–N with tert-alkyl or cyclic N) is 1. The van der Waals surface area contributed by atoms with Gasteiger partial charge in [0.2, 0.25) is 10.0 Å². The largest absolute Gasteiger partial charge is 0.497 e. The van der Waals surface area contributed by atoms with Crippen molar-refractivity contribution in [2.45, 2.75) is 48.9 Å². The average molecular weight is 402 g/mol. The number of sulfonamides is 1. The van der Waals surface area contributed by atoms with E-state index < -0.39 is 52.6 Å². The monoisotopic (exact) mass is 402 g/mol. The summed E-state index contributed by atoms with van der Waals surface area (Å²) in [4.78, 5) is 12.2. The molecular weight excluding hydrogens is 380 g/mol. The summed E-state index contributed by atoms with van der Waals surface area (Å²) < 4.78 is 43.4. The molecular formula is C16H22N2O8S. The number of aliphatic hydroxyl groups excluding tert-OH is 1. The summed E-state index contributed by atoms with van der Waals surface area (Å²) in [5.41, 5.74) is 1.48. The predicted octanol–water partition coefficient (Wildman–Crippen LogP) is -0.545. The third kappa shape index (κ3) is 3.53. The number of nitrogens with one attached hydrogen (secondary N) is 1. The molecule has 0 saturated carbocycles. The Morgan fingerprint density at radius 2 is 1.85 bits per heavy atom. The van der Waals surface area contributed by atoms with E-state index in [1.54, 1.807) is 13.8 Å². The highest BCUT2D eigenvalue weighted by molar-refractivity contribution is 7.89. The molecule has 0 unspecified atom stereocenters. The number of piperidine rings is 1. The number of hydrogen-bond acceptors (Lipinski definition) is 8. The van der Waals surface area contributed by atoms with Crippen molar-refractivity contribution in [2.75, 3.05) is 13.7 Å². The summed E-state index contributed by atoms with van der Waals surface area (Å²) >= 11 is 0. The van der Waals surface area contributed by atoms with Gasteiger partial charge in [0, 0.05) is 6.54 Å². The van der Waals surface area contributed by atoms with Gasteiger partial charge >= 0.3 is 0 Å². The zero-order valence-corrected chi connectivity index (χ0v) is 15.8. The van der Waals surface area contributed by atoms with Crippen molar-refractivity contribution in [3.05, 3.63) is 24.3 Å². The zero-order valence-electron chi connectivity index (χ0n) is 15.0. The van der Waals surface area contributed by atoms with Crippen molar-refractivity contribution in [2.24, 2.45) is 0 Å². The van der Waals surface area contributed by atoms with E-state index in [0.717, 1.165) is 4.31 Å². The van der Waals surface area contributed by atoms with Crippen LogP contribution in [0.5, 0.6) is 5.75 Å². The normalized spacial score (nSPS) is 30.6. The van der Waals surface area contributed by atoms with Crippen LogP contribution in [0.15, 0.2) is 29.2 Å². The van der Waals surface area contributed by atoms with E-state index in [0.29, 0.717) is 5.75 Å². The lowest BCUT2D eigenvalue weighted by Crippen LogP contribution is -2.65. The Labute approximate surface area is 156 Å². The van der Waals surface area contributed by atoms with Gasteiger partial charge in [-0.05, 0) is 38.1 Å². The van der Waals surface area contributed by atoms with Gasteiger partial charge in [-0.3, -0.25) is 10.0 Å². The molecule has 10 nitrogen and oxygen atoms in total. The van der Waals surface area contributed by atoms with Crippen molar-refractivity contribution in [3.8, 4) is 5.75 Å². The Hall–Kier alpha value is -1.76. The predicted molar refractivity (Wildman–Crippen MR) is 90.4 cm³/mol. The first-order valence-electron chi connectivity index (χ1n) is 8.24. The quantitative estimate of drug-likeness (QED) is 0.451. The van der Waals surface area contributed by atoms with Crippen molar-refractivity contribution in [1.29, 1.82) is 0 Å². The zero-order chi connectivity index (χ0) is 20.0. The Kier molecular flexibility index (Phi) is 5.18. The first-order chi connectivity index (χ1) is 12.6. The number of carbonyl (C=O) groups excluding carboxylic acids is 1. The molecule has 1 aromatic carbocycles. The van der Waals surface area contributed by atoms with Gasteiger partial charge in [-0.15, -0.1) is 0 Å². The number of carbonyl (C=O) groups is 1. The minimum absolute atomic E-state index is 0.0946. The fourth-order valence-electron chi connectivity index (χ4n) is 3.40. The van der Waals surface area contributed by atoms with Crippen LogP contribution in [0.3, 0.4) is 0 Å². The number of amides is 1. The fraction of sp³-hybridized carbons (Fsp3) is 0.562. The number of aliphatic hydroxyl groups is 1. The molecule has 2 heterocycles. The van der Waals surface area contributed by atoms with Gasteiger partial charge in [-0.1, -0.05) is 0 Å². The van der Waals surface area contributed by atoms with E-state index in [1.807, 2.05) is 0 Å². The molecule has 0 spiro atoms. The van der Waals surface area contributed by atoms with E-state index in [-0.39, 0.29) is 4.90 Å². The van der Waals surface area contributed by atoms with E-state index >= 15 is 0 Å². The van der Waals surface area contributed by atoms with Crippen LogP contribution in [-0.4, -0.2) is 72.7 Å². The smallest absolute Gasteiger partial charge is 0.264 e.